The van der Waals surface area contributed by atoms with Crippen LogP contribution in [0.3, 0.4) is 0 Å². The van der Waals surface area contributed by atoms with Gasteiger partial charge in [0, 0.05) is 37.7 Å². The molecule has 0 unspecified atom stereocenters. The van der Waals surface area contributed by atoms with Crippen molar-refractivity contribution in [3.8, 4) is 0 Å². The van der Waals surface area contributed by atoms with Crippen LogP contribution in [-0.2, 0) is 14.4 Å². The number of hydrogen-bond acceptors (Lipinski definition) is 3. The second-order valence-electron chi connectivity index (χ2n) is 7.16. The monoisotopic (exact) mass is 357 g/mol. The molecular weight excluding hydrogens is 330 g/mol. The normalized spacial score (nSPS) is 20.8. The van der Waals surface area contributed by atoms with Crippen LogP contribution in [0.25, 0.3) is 0 Å². The van der Waals surface area contributed by atoms with Gasteiger partial charge in [-0.3, -0.25) is 14.4 Å². The van der Waals surface area contributed by atoms with Gasteiger partial charge in [0.2, 0.25) is 17.7 Å². The Kier molecular flexibility index (Phi) is 6.26. The van der Waals surface area contributed by atoms with Crippen LogP contribution in [0.5, 0.6) is 0 Å². The van der Waals surface area contributed by atoms with E-state index in [0.717, 1.165) is 31.4 Å². The Morgan fingerprint density at radius 2 is 1.54 bits per heavy atom. The SMILES string of the molecule is O=C(NCCNC(=O)[C@H]1CC(=O)N(c2ccccc2)C1)C1CCCCC1. The molecule has 3 rings (SSSR count). The Balaban J connectivity index is 1.39. The molecule has 0 aromatic heterocycles. The fourth-order valence-corrected chi connectivity index (χ4v) is 3.77. The number of nitrogens with one attached hydrogen (secondary N) is 2. The van der Waals surface area contributed by atoms with Crippen molar-refractivity contribution in [2.24, 2.45) is 11.8 Å². The van der Waals surface area contributed by atoms with Crippen molar-refractivity contribution < 1.29 is 14.4 Å². The molecular formula is C20H27N3O3. The molecule has 1 atom stereocenters. The minimum absolute atomic E-state index is 0.0260. The van der Waals surface area contributed by atoms with E-state index in [1.807, 2.05) is 30.3 Å². The highest BCUT2D eigenvalue weighted by Gasteiger charge is 2.34. The number of hydrogen-bond donors (Lipinski definition) is 2. The van der Waals surface area contributed by atoms with Gasteiger partial charge in [-0.25, -0.2) is 0 Å². The highest BCUT2D eigenvalue weighted by molar-refractivity contribution is 6.00. The van der Waals surface area contributed by atoms with Crippen molar-refractivity contribution in [1.29, 1.82) is 0 Å². The summed E-state index contributed by atoms with van der Waals surface area (Å²) in [6.07, 6.45) is 5.65. The molecule has 6 heteroatoms. The second-order valence-corrected chi connectivity index (χ2v) is 7.16. The smallest absolute Gasteiger partial charge is 0.227 e. The van der Waals surface area contributed by atoms with Gasteiger partial charge in [0.25, 0.3) is 0 Å². The van der Waals surface area contributed by atoms with Crippen molar-refractivity contribution in [2.45, 2.75) is 38.5 Å². The summed E-state index contributed by atoms with van der Waals surface area (Å²) in [5.41, 5.74) is 0.826. The fraction of sp³-hybridized carbons (Fsp3) is 0.550. The number of benzene rings is 1. The topological polar surface area (TPSA) is 78.5 Å². The Hall–Kier alpha value is -2.37. The van der Waals surface area contributed by atoms with Crippen LogP contribution in [0.15, 0.2) is 30.3 Å². The molecule has 0 bridgehead atoms. The van der Waals surface area contributed by atoms with Gasteiger partial charge in [-0.1, -0.05) is 37.5 Å². The highest BCUT2D eigenvalue weighted by atomic mass is 16.2. The van der Waals surface area contributed by atoms with Crippen LogP contribution in [0.4, 0.5) is 5.69 Å². The van der Waals surface area contributed by atoms with E-state index in [4.69, 9.17) is 0 Å². The van der Waals surface area contributed by atoms with E-state index in [1.54, 1.807) is 4.90 Å². The average Bonchev–Trinajstić information content (AvgIpc) is 3.08. The molecule has 1 saturated carbocycles. The Labute approximate surface area is 154 Å². The molecule has 26 heavy (non-hydrogen) atoms. The largest absolute Gasteiger partial charge is 0.354 e. The van der Waals surface area contributed by atoms with Gasteiger partial charge in [0.15, 0.2) is 0 Å². The number of amides is 3. The van der Waals surface area contributed by atoms with Gasteiger partial charge >= 0.3 is 0 Å². The van der Waals surface area contributed by atoms with Crippen molar-refractivity contribution in [3.05, 3.63) is 30.3 Å². The molecule has 2 N–H and O–H groups in total. The summed E-state index contributed by atoms with van der Waals surface area (Å²) in [6.45, 7) is 1.24. The number of para-hydroxylation sites is 1. The molecule has 2 aliphatic rings. The standard InChI is InChI=1S/C20H27N3O3/c24-18-13-16(14-23(18)17-9-5-2-6-10-17)20(26)22-12-11-21-19(25)15-7-3-1-4-8-15/h2,5-6,9-10,15-16H,1,3-4,7-8,11-14H2,(H,21,25)(H,22,26)/t16-/m0/s1. The van der Waals surface area contributed by atoms with Gasteiger partial charge in [0.05, 0.1) is 5.92 Å². The van der Waals surface area contributed by atoms with E-state index in [0.29, 0.717) is 19.6 Å². The zero-order chi connectivity index (χ0) is 18.4. The van der Waals surface area contributed by atoms with Gasteiger partial charge in [-0.2, -0.15) is 0 Å². The van der Waals surface area contributed by atoms with Gasteiger partial charge in [-0.15, -0.1) is 0 Å². The molecule has 1 heterocycles. The number of anilines is 1. The lowest BCUT2D eigenvalue weighted by Gasteiger charge is -2.20. The Bertz CT molecular complexity index is 641. The maximum atomic E-state index is 12.3. The third-order valence-corrected chi connectivity index (χ3v) is 5.26. The predicted molar refractivity (Wildman–Crippen MR) is 99.5 cm³/mol. The summed E-state index contributed by atoms with van der Waals surface area (Å²) in [5, 5.41) is 5.75. The van der Waals surface area contributed by atoms with Crippen molar-refractivity contribution in [1.82, 2.24) is 10.6 Å². The number of carbonyl (C=O) groups excluding carboxylic acids is 3. The fourth-order valence-electron chi connectivity index (χ4n) is 3.77. The second kappa shape index (κ2) is 8.83. The maximum Gasteiger partial charge on any atom is 0.227 e. The van der Waals surface area contributed by atoms with Gasteiger partial charge in [0.1, 0.15) is 0 Å². The predicted octanol–water partition coefficient (Wildman–Crippen LogP) is 1.85. The lowest BCUT2D eigenvalue weighted by Crippen LogP contribution is -2.40. The molecule has 140 valence electrons. The number of rotatable bonds is 6. The van der Waals surface area contributed by atoms with Crippen molar-refractivity contribution in [2.75, 3.05) is 24.5 Å². The first-order chi connectivity index (χ1) is 12.6. The van der Waals surface area contributed by atoms with E-state index in [9.17, 15) is 14.4 Å². The minimum atomic E-state index is -0.336. The molecule has 3 amide bonds. The van der Waals surface area contributed by atoms with Crippen LogP contribution >= 0.6 is 0 Å². The Morgan fingerprint density at radius 3 is 2.19 bits per heavy atom. The van der Waals surface area contributed by atoms with Crippen LogP contribution in [0, 0.1) is 11.8 Å². The number of nitrogens with zero attached hydrogens (tertiary/aromatic N) is 1. The van der Waals surface area contributed by atoms with Gasteiger partial charge in [-0.05, 0) is 25.0 Å². The molecule has 2 fully saturated rings. The van der Waals surface area contributed by atoms with Crippen molar-refractivity contribution >= 4 is 23.4 Å². The third kappa shape index (κ3) is 4.62. The minimum Gasteiger partial charge on any atom is -0.354 e. The average molecular weight is 357 g/mol. The van der Waals surface area contributed by atoms with Crippen LogP contribution in [0.1, 0.15) is 38.5 Å². The van der Waals surface area contributed by atoms with Crippen LogP contribution in [-0.4, -0.2) is 37.4 Å². The van der Waals surface area contributed by atoms with E-state index in [-0.39, 0.29) is 36.0 Å². The molecule has 0 spiro atoms. The zero-order valence-electron chi connectivity index (χ0n) is 15.1. The lowest BCUT2D eigenvalue weighted by molar-refractivity contribution is -0.127. The summed E-state index contributed by atoms with van der Waals surface area (Å²) in [4.78, 5) is 38.2. The summed E-state index contributed by atoms with van der Waals surface area (Å²) >= 11 is 0. The van der Waals surface area contributed by atoms with E-state index in [1.165, 1.54) is 6.42 Å². The Morgan fingerprint density at radius 1 is 0.923 bits per heavy atom. The molecule has 1 aliphatic carbocycles. The first-order valence-corrected chi connectivity index (χ1v) is 9.56. The third-order valence-electron chi connectivity index (χ3n) is 5.26. The summed E-state index contributed by atoms with van der Waals surface area (Å²) in [6, 6.07) is 9.41. The van der Waals surface area contributed by atoms with E-state index in [2.05, 4.69) is 10.6 Å². The van der Waals surface area contributed by atoms with Crippen LogP contribution in [0.2, 0.25) is 0 Å². The highest BCUT2D eigenvalue weighted by Crippen LogP contribution is 2.25. The van der Waals surface area contributed by atoms with Crippen molar-refractivity contribution in [3.63, 3.8) is 0 Å². The van der Waals surface area contributed by atoms with E-state index < -0.39 is 0 Å². The maximum absolute atomic E-state index is 12.3. The van der Waals surface area contributed by atoms with Crippen LogP contribution < -0.4 is 15.5 Å². The molecule has 1 saturated heterocycles. The molecule has 1 aromatic rings. The first kappa shape index (κ1) is 18.4. The first-order valence-electron chi connectivity index (χ1n) is 9.56. The molecule has 6 nitrogen and oxygen atoms in total. The zero-order valence-corrected chi connectivity index (χ0v) is 15.1. The summed E-state index contributed by atoms with van der Waals surface area (Å²) in [7, 11) is 0. The molecule has 1 aromatic carbocycles. The summed E-state index contributed by atoms with van der Waals surface area (Å²) < 4.78 is 0. The quantitative estimate of drug-likeness (QED) is 0.763. The summed E-state index contributed by atoms with van der Waals surface area (Å²) in [5.74, 6) is -0.251. The lowest BCUT2D eigenvalue weighted by atomic mass is 9.89. The van der Waals surface area contributed by atoms with Gasteiger partial charge < -0.3 is 15.5 Å². The molecule has 1 aliphatic heterocycles. The number of carbonyl (C=O) groups is 3. The molecule has 0 radical (unpaired) electrons. The van der Waals surface area contributed by atoms with E-state index >= 15 is 0 Å².